The van der Waals surface area contributed by atoms with Gasteiger partial charge in [0.1, 0.15) is 0 Å². The molecule has 0 radical (unpaired) electrons. The van der Waals surface area contributed by atoms with Gasteiger partial charge in [0, 0.05) is 25.6 Å². The van der Waals surface area contributed by atoms with Crippen LogP contribution >= 0.6 is 0 Å². The van der Waals surface area contributed by atoms with Gasteiger partial charge in [-0.05, 0) is 44.0 Å². The van der Waals surface area contributed by atoms with E-state index in [4.69, 9.17) is 4.74 Å². The maximum Gasteiger partial charge on any atom is 0.319 e. The summed E-state index contributed by atoms with van der Waals surface area (Å²) in [5.41, 5.74) is 2.56. The summed E-state index contributed by atoms with van der Waals surface area (Å²) in [6.45, 7) is 4.88. The summed E-state index contributed by atoms with van der Waals surface area (Å²) < 4.78 is 18.9. The van der Waals surface area contributed by atoms with Crippen LogP contribution in [0.5, 0.6) is 5.75 Å². The first kappa shape index (κ1) is 19.2. The largest absolute Gasteiger partial charge is 0.494 e. The van der Waals surface area contributed by atoms with E-state index < -0.39 is 0 Å². The number of H-pyrrole nitrogens is 1. The number of halogens is 1. The number of urea groups is 1. The van der Waals surface area contributed by atoms with Crippen molar-refractivity contribution in [2.45, 2.75) is 32.2 Å². The molecule has 0 bridgehead atoms. The van der Waals surface area contributed by atoms with E-state index in [0.717, 1.165) is 37.2 Å². The molecule has 1 unspecified atom stereocenters. The van der Waals surface area contributed by atoms with Crippen LogP contribution in [0.1, 0.15) is 36.9 Å². The molecule has 0 spiro atoms. The normalized spacial score (nSPS) is 17.5. The Morgan fingerprint density at radius 1 is 1.48 bits per heavy atom. The van der Waals surface area contributed by atoms with Gasteiger partial charge in [-0.15, -0.1) is 0 Å². The standard InChI is InChI=1S/C19H26FN5O2/c1-3-21-19(26)23-16-10-22-24-18(16)14-5-4-8-25(12-14)11-13-6-7-17(27-2)15(20)9-13/h6-7,9-10,14H,3-5,8,11-12H2,1-2H3,(H,22,24)(H2,21,23,26). The summed E-state index contributed by atoms with van der Waals surface area (Å²) in [6, 6.07) is 4.85. The second-order valence-corrected chi connectivity index (χ2v) is 6.72. The molecular formula is C19H26FN5O2. The van der Waals surface area contributed by atoms with E-state index in [1.54, 1.807) is 12.3 Å². The molecule has 1 aliphatic heterocycles. The number of amides is 2. The highest BCUT2D eigenvalue weighted by molar-refractivity contribution is 5.89. The van der Waals surface area contributed by atoms with Crippen molar-refractivity contribution in [2.24, 2.45) is 0 Å². The number of anilines is 1. The van der Waals surface area contributed by atoms with Crippen LogP contribution in [0.4, 0.5) is 14.9 Å². The minimum atomic E-state index is -0.342. The SMILES string of the molecule is CCNC(=O)Nc1cn[nH]c1C1CCCN(Cc2ccc(OC)c(F)c2)C1. The molecule has 0 saturated carbocycles. The van der Waals surface area contributed by atoms with Gasteiger partial charge in [-0.25, -0.2) is 9.18 Å². The van der Waals surface area contributed by atoms with Crippen LogP contribution in [-0.2, 0) is 6.54 Å². The molecular weight excluding hydrogens is 349 g/mol. The summed E-state index contributed by atoms with van der Waals surface area (Å²) >= 11 is 0. The van der Waals surface area contributed by atoms with Gasteiger partial charge in [-0.3, -0.25) is 10.00 Å². The Morgan fingerprint density at radius 2 is 2.33 bits per heavy atom. The Kier molecular flexibility index (Phi) is 6.28. The lowest BCUT2D eigenvalue weighted by molar-refractivity contribution is 0.198. The van der Waals surface area contributed by atoms with Crippen LogP contribution < -0.4 is 15.4 Å². The number of nitrogens with one attached hydrogen (secondary N) is 3. The molecule has 1 fully saturated rings. The molecule has 2 heterocycles. The second kappa shape index (κ2) is 8.85. The smallest absolute Gasteiger partial charge is 0.319 e. The number of benzene rings is 1. The van der Waals surface area contributed by atoms with Crippen molar-refractivity contribution in [1.82, 2.24) is 20.4 Å². The highest BCUT2D eigenvalue weighted by Crippen LogP contribution is 2.31. The number of nitrogens with zero attached hydrogens (tertiary/aromatic N) is 2. The topological polar surface area (TPSA) is 82.3 Å². The zero-order chi connectivity index (χ0) is 19.2. The Hall–Kier alpha value is -2.61. The van der Waals surface area contributed by atoms with Crippen LogP contribution in [0.2, 0.25) is 0 Å². The molecule has 0 aliphatic carbocycles. The number of methoxy groups -OCH3 is 1. The van der Waals surface area contributed by atoms with E-state index >= 15 is 0 Å². The lowest BCUT2D eigenvalue weighted by Crippen LogP contribution is -2.34. The van der Waals surface area contributed by atoms with Crippen molar-refractivity contribution in [3.8, 4) is 5.75 Å². The number of ether oxygens (including phenoxy) is 1. The molecule has 7 nitrogen and oxygen atoms in total. The van der Waals surface area contributed by atoms with Gasteiger partial charge in [0.25, 0.3) is 0 Å². The number of rotatable bonds is 6. The maximum atomic E-state index is 13.9. The van der Waals surface area contributed by atoms with Crippen molar-refractivity contribution in [2.75, 3.05) is 32.1 Å². The molecule has 2 amide bonds. The predicted molar refractivity (Wildman–Crippen MR) is 101 cm³/mol. The zero-order valence-electron chi connectivity index (χ0n) is 15.7. The molecule has 3 rings (SSSR count). The Bertz CT molecular complexity index is 779. The Morgan fingerprint density at radius 3 is 3.07 bits per heavy atom. The third-order valence-electron chi connectivity index (χ3n) is 4.79. The number of carbonyl (C=O) groups excluding carboxylic acids is 1. The Balaban J connectivity index is 1.65. The summed E-state index contributed by atoms with van der Waals surface area (Å²) in [5, 5.41) is 12.7. The number of hydrogen-bond acceptors (Lipinski definition) is 4. The van der Waals surface area contributed by atoms with E-state index in [9.17, 15) is 9.18 Å². The fraction of sp³-hybridized carbons (Fsp3) is 0.474. The van der Waals surface area contributed by atoms with Crippen molar-refractivity contribution in [1.29, 1.82) is 0 Å². The first-order chi connectivity index (χ1) is 13.1. The van der Waals surface area contributed by atoms with E-state index in [1.165, 1.54) is 13.2 Å². The third-order valence-corrected chi connectivity index (χ3v) is 4.79. The molecule has 1 aromatic heterocycles. The van der Waals surface area contributed by atoms with Gasteiger partial charge in [0.2, 0.25) is 0 Å². The quantitative estimate of drug-likeness (QED) is 0.725. The molecule has 1 atom stereocenters. The molecule has 146 valence electrons. The molecule has 3 N–H and O–H groups in total. The van der Waals surface area contributed by atoms with Crippen LogP contribution in [0.15, 0.2) is 24.4 Å². The monoisotopic (exact) mass is 375 g/mol. The van der Waals surface area contributed by atoms with E-state index in [1.807, 2.05) is 13.0 Å². The lowest BCUT2D eigenvalue weighted by Gasteiger charge is -2.32. The molecule has 1 saturated heterocycles. The number of aromatic amines is 1. The molecule has 27 heavy (non-hydrogen) atoms. The summed E-state index contributed by atoms with van der Waals surface area (Å²) in [6.07, 6.45) is 3.69. The van der Waals surface area contributed by atoms with Gasteiger partial charge in [-0.2, -0.15) is 5.10 Å². The number of aromatic nitrogens is 2. The maximum absolute atomic E-state index is 13.9. The fourth-order valence-electron chi connectivity index (χ4n) is 3.54. The van der Waals surface area contributed by atoms with E-state index in [-0.39, 0.29) is 23.5 Å². The average Bonchev–Trinajstić information content (AvgIpc) is 3.10. The number of likely N-dealkylation sites (tertiary alicyclic amines) is 1. The van der Waals surface area contributed by atoms with Gasteiger partial charge < -0.3 is 15.4 Å². The van der Waals surface area contributed by atoms with Crippen LogP contribution in [0, 0.1) is 5.82 Å². The number of piperidine rings is 1. The lowest BCUT2D eigenvalue weighted by atomic mass is 9.93. The Labute approximate surface area is 158 Å². The van der Waals surface area contributed by atoms with Crippen LogP contribution in [-0.4, -0.2) is 47.9 Å². The number of hydrogen-bond donors (Lipinski definition) is 3. The fourth-order valence-corrected chi connectivity index (χ4v) is 3.54. The van der Waals surface area contributed by atoms with Crippen molar-refractivity contribution in [3.05, 3.63) is 41.5 Å². The minimum absolute atomic E-state index is 0.235. The minimum Gasteiger partial charge on any atom is -0.494 e. The summed E-state index contributed by atoms with van der Waals surface area (Å²) in [4.78, 5) is 14.1. The highest BCUT2D eigenvalue weighted by atomic mass is 19.1. The number of carbonyl (C=O) groups is 1. The first-order valence-electron chi connectivity index (χ1n) is 9.23. The highest BCUT2D eigenvalue weighted by Gasteiger charge is 2.25. The first-order valence-corrected chi connectivity index (χ1v) is 9.23. The van der Waals surface area contributed by atoms with Gasteiger partial charge >= 0.3 is 6.03 Å². The second-order valence-electron chi connectivity index (χ2n) is 6.72. The summed E-state index contributed by atoms with van der Waals surface area (Å²) in [7, 11) is 1.46. The molecule has 1 aliphatic rings. The van der Waals surface area contributed by atoms with Gasteiger partial charge in [0.15, 0.2) is 11.6 Å². The van der Waals surface area contributed by atoms with Crippen LogP contribution in [0.3, 0.4) is 0 Å². The van der Waals surface area contributed by atoms with E-state index in [2.05, 4.69) is 25.7 Å². The van der Waals surface area contributed by atoms with Gasteiger partial charge in [0.05, 0.1) is 24.7 Å². The molecule has 8 heteroatoms. The molecule has 1 aromatic carbocycles. The van der Waals surface area contributed by atoms with Gasteiger partial charge in [-0.1, -0.05) is 6.07 Å². The predicted octanol–water partition coefficient (Wildman–Crippen LogP) is 3.08. The van der Waals surface area contributed by atoms with Crippen LogP contribution in [0.25, 0.3) is 0 Å². The molecule has 2 aromatic rings. The van der Waals surface area contributed by atoms with Crippen molar-refractivity contribution in [3.63, 3.8) is 0 Å². The zero-order valence-corrected chi connectivity index (χ0v) is 15.7. The average molecular weight is 375 g/mol. The third kappa shape index (κ3) is 4.77. The van der Waals surface area contributed by atoms with Crippen molar-refractivity contribution >= 4 is 11.7 Å². The summed E-state index contributed by atoms with van der Waals surface area (Å²) in [5.74, 6) is 0.153. The van der Waals surface area contributed by atoms with Crippen molar-refractivity contribution < 1.29 is 13.9 Å². The van der Waals surface area contributed by atoms with E-state index in [0.29, 0.717) is 18.8 Å².